The summed E-state index contributed by atoms with van der Waals surface area (Å²) in [5, 5.41) is 1.15. The summed E-state index contributed by atoms with van der Waals surface area (Å²) in [7, 11) is 0. The number of benzene rings is 4. The first-order valence-electron chi connectivity index (χ1n) is 10.3. The Morgan fingerprint density at radius 3 is 2.26 bits per heavy atom. The molecule has 0 spiro atoms. The summed E-state index contributed by atoms with van der Waals surface area (Å²) in [6.45, 7) is 4.82. The van der Waals surface area contributed by atoms with Crippen molar-refractivity contribution in [2.75, 3.05) is 0 Å². The minimum atomic E-state index is 0.747. The first kappa shape index (κ1) is 19.3. The van der Waals surface area contributed by atoms with Gasteiger partial charge in [-0.05, 0) is 42.0 Å². The van der Waals surface area contributed by atoms with Gasteiger partial charge in [-0.1, -0.05) is 84.6 Å². The number of hydrogen-bond donors (Lipinski definition) is 0. The molecule has 0 saturated heterocycles. The van der Waals surface area contributed by atoms with Crippen molar-refractivity contribution >= 4 is 27.6 Å². The molecule has 0 unspecified atom stereocenters. The van der Waals surface area contributed by atoms with Crippen LogP contribution in [0.4, 0.5) is 0 Å². The van der Waals surface area contributed by atoms with Gasteiger partial charge in [0.1, 0.15) is 16.2 Å². The molecule has 0 aliphatic rings. The van der Waals surface area contributed by atoms with Crippen LogP contribution in [-0.2, 0) is 6.54 Å². The number of thiazole rings is 1. The molecular weight excluding hydrogens is 398 g/mol. The van der Waals surface area contributed by atoms with Gasteiger partial charge in [0.25, 0.3) is 5.01 Å². The van der Waals surface area contributed by atoms with Crippen molar-refractivity contribution in [1.82, 2.24) is 0 Å². The number of hydrogen-bond acceptors (Lipinski definition) is 2. The minimum absolute atomic E-state index is 0.747. The van der Waals surface area contributed by atoms with E-state index in [0.29, 0.717) is 0 Å². The number of nitrogens with zero attached hydrogens (tertiary/aromatic N) is 1. The van der Waals surface area contributed by atoms with Gasteiger partial charge >= 0.3 is 0 Å². The summed E-state index contributed by atoms with van der Waals surface area (Å²) in [4.78, 5) is 0. The Morgan fingerprint density at radius 1 is 0.774 bits per heavy atom. The van der Waals surface area contributed by atoms with E-state index in [0.717, 1.165) is 23.1 Å². The van der Waals surface area contributed by atoms with E-state index in [1.54, 1.807) is 11.3 Å². The summed E-state index contributed by atoms with van der Waals surface area (Å²) in [6, 6.07) is 35.3. The molecule has 0 saturated carbocycles. The van der Waals surface area contributed by atoms with Crippen molar-refractivity contribution in [2.45, 2.75) is 6.54 Å². The van der Waals surface area contributed by atoms with Crippen molar-refractivity contribution in [3.05, 3.63) is 120 Å². The summed E-state index contributed by atoms with van der Waals surface area (Å²) in [5.41, 5.74) is 4.88. The molecule has 0 atom stereocenters. The highest BCUT2D eigenvalue weighted by molar-refractivity contribution is 7.18. The highest BCUT2D eigenvalue weighted by atomic mass is 32.1. The van der Waals surface area contributed by atoms with Crippen LogP contribution in [0.2, 0.25) is 0 Å². The summed E-state index contributed by atoms with van der Waals surface area (Å²) >= 11 is 1.77. The predicted octanol–water partition coefficient (Wildman–Crippen LogP) is 7.34. The third kappa shape index (κ3) is 4.00. The lowest BCUT2D eigenvalue weighted by Gasteiger charge is -2.07. The molecule has 0 radical (unpaired) electrons. The van der Waals surface area contributed by atoms with Gasteiger partial charge in [-0.15, -0.1) is 0 Å². The first-order chi connectivity index (χ1) is 15.3. The smallest absolute Gasteiger partial charge is 0.262 e. The Morgan fingerprint density at radius 2 is 1.48 bits per heavy atom. The number of para-hydroxylation sites is 2. The molecule has 0 fully saturated rings. The van der Waals surface area contributed by atoms with E-state index in [-0.39, 0.29) is 0 Å². The van der Waals surface area contributed by atoms with E-state index in [1.165, 1.54) is 26.9 Å². The fraction of sp³-hybridized carbons (Fsp3) is 0.0357. The van der Waals surface area contributed by atoms with Gasteiger partial charge < -0.3 is 4.74 Å². The summed E-state index contributed by atoms with van der Waals surface area (Å²) < 4.78 is 9.66. The standard InChI is InChI=1S/C28H22NOS/c1-2-27-29(20-21-11-9-16-24(19-21)30-23-14-7-4-8-15-23)28-25(17-10-18-26(28)31-27)22-12-5-3-6-13-22/h2-19H,1,20H2/q+1. The maximum absolute atomic E-state index is 6.05. The fourth-order valence-corrected chi connectivity index (χ4v) is 4.87. The van der Waals surface area contributed by atoms with Crippen LogP contribution in [-0.4, -0.2) is 0 Å². The van der Waals surface area contributed by atoms with E-state index >= 15 is 0 Å². The highest BCUT2D eigenvalue weighted by Gasteiger charge is 2.23. The highest BCUT2D eigenvalue weighted by Crippen LogP contribution is 2.31. The molecule has 1 heterocycles. The normalized spacial score (nSPS) is 10.8. The fourth-order valence-electron chi connectivity index (χ4n) is 3.84. The maximum Gasteiger partial charge on any atom is 0.262 e. The van der Waals surface area contributed by atoms with E-state index in [1.807, 2.05) is 42.5 Å². The number of fused-ring (bicyclic) bond motifs is 1. The van der Waals surface area contributed by atoms with Crippen molar-refractivity contribution in [3.63, 3.8) is 0 Å². The predicted molar refractivity (Wildman–Crippen MR) is 130 cm³/mol. The third-order valence-corrected chi connectivity index (χ3v) is 6.37. The average Bonchev–Trinajstić information content (AvgIpc) is 3.18. The number of ether oxygens (including phenoxy) is 1. The van der Waals surface area contributed by atoms with Crippen LogP contribution in [0.1, 0.15) is 10.6 Å². The molecule has 150 valence electrons. The van der Waals surface area contributed by atoms with Gasteiger partial charge in [0.2, 0.25) is 5.52 Å². The molecule has 0 aliphatic carbocycles. The largest absolute Gasteiger partial charge is 0.457 e. The molecule has 0 amide bonds. The average molecular weight is 421 g/mol. The van der Waals surface area contributed by atoms with Crippen molar-refractivity contribution < 1.29 is 9.30 Å². The zero-order chi connectivity index (χ0) is 21.0. The lowest BCUT2D eigenvalue weighted by atomic mass is 10.0. The zero-order valence-electron chi connectivity index (χ0n) is 17.1. The quantitative estimate of drug-likeness (QED) is 0.262. The molecule has 5 rings (SSSR count). The maximum atomic E-state index is 6.05. The van der Waals surface area contributed by atoms with E-state index in [2.05, 4.69) is 77.9 Å². The minimum Gasteiger partial charge on any atom is -0.457 e. The van der Waals surface area contributed by atoms with Crippen LogP contribution in [0.25, 0.3) is 27.4 Å². The Labute approximate surface area is 186 Å². The zero-order valence-corrected chi connectivity index (χ0v) is 17.9. The molecule has 2 nitrogen and oxygen atoms in total. The SMILES string of the molecule is C=Cc1sc2cccc(-c3ccccc3)c2[n+]1Cc1cccc(Oc2ccccc2)c1. The Balaban J connectivity index is 1.56. The van der Waals surface area contributed by atoms with E-state index < -0.39 is 0 Å². The summed E-state index contributed by atoms with van der Waals surface area (Å²) in [5.74, 6) is 1.68. The Hall–Kier alpha value is -3.69. The van der Waals surface area contributed by atoms with Crippen LogP contribution in [0.3, 0.4) is 0 Å². The van der Waals surface area contributed by atoms with Gasteiger partial charge in [0.15, 0.2) is 6.54 Å². The van der Waals surface area contributed by atoms with Crippen LogP contribution in [0.15, 0.2) is 110 Å². The van der Waals surface area contributed by atoms with Gasteiger partial charge in [0.05, 0.1) is 5.56 Å². The molecular formula is C28H22NOS+. The molecule has 0 bridgehead atoms. The number of aromatic nitrogens is 1. The lowest BCUT2D eigenvalue weighted by molar-refractivity contribution is -0.659. The molecule has 5 aromatic rings. The van der Waals surface area contributed by atoms with Crippen LogP contribution in [0, 0.1) is 0 Å². The molecule has 3 heteroatoms. The van der Waals surface area contributed by atoms with Crippen LogP contribution >= 0.6 is 11.3 Å². The third-order valence-electron chi connectivity index (χ3n) is 5.23. The van der Waals surface area contributed by atoms with E-state index in [9.17, 15) is 0 Å². The van der Waals surface area contributed by atoms with Gasteiger partial charge in [0, 0.05) is 11.6 Å². The molecule has 0 N–H and O–H groups in total. The van der Waals surface area contributed by atoms with Crippen LogP contribution < -0.4 is 9.30 Å². The second-order valence-corrected chi connectivity index (χ2v) is 8.37. The van der Waals surface area contributed by atoms with Gasteiger partial charge in [-0.25, -0.2) is 0 Å². The topological polar surface area (TPSA) is 13.1 Å². The summed E-state index contributed by atoms with van der Waals surface area (Å²) in [6.07, 6.45) is 1.95. The van der Waals surface area contributed by atoms with Crippen molar-refractivity contribution in [2.24, 2.45) is 0 Å². The molecule has 31 heavy (non-hydrogen) atoms. The van der Waals surface area contributed by atoms with Crippen molar-refractivity contribution in [3.8, 4) is 22.6 Å². The van der Waals surface area contributed by atoms with Crippen molar-refractivity contribution in [1.29, 1.82) is 0 Å². The molecule has 4 aromatic carbocycles. The van der Waals surface area contributed by atoms with E-state index in [4.69, 9.17) is 4.74 Å². The first-order valence-corrected chi connectivity index (χ1v) is 11.1. The van der Waals surface area contributed by atoms with Crippen LogP contribution in [0.5, 0.6) is 11.5 Å². The Bertz CT molecular complexity index is 1340. The van der Waals surface area contributed by atoms with Gasteiger partial charge in [-0.2, -0.15) is 4.57 Å². The van der Waals surface area contributed by atoms with Gasteiger partial charge in [-0.3, -0.25) is 0 Å². The Kier molecular flexibility index (Phi) is 5.34. The molecule has 0 aliphatic heterocycles. The number of rotatable bonds is 6. The second-order valence-electron chi connectivity index (χ2n) is 7.31. The second kappa shape index (κ2) is 8.58. The lowest BCUT2D eigenvalue weighted by Crippen LogP contribution is -2.36. The monoisotopic (exact) mass is 420 g/mol. The molecule has 1 aromatic heterocycles.